The number of anilines is 1. The lowest BCUT2D eigenvalue weighted by Gasteiger charge is -2.07. The summed E-state index contributed by atoms with van der Waals surface area (Å²) in [5.74, 6) is -0.268. The number of aromatic nitrogens is 3. The molecule has 0 bridgehead atoms. The van der Waals surface area contributed by atoms with Crippen LogP contribution in [-0.2, 0) is 6.42 Å². The molecular weight excluding hydrogens is 348 g/mol. The van der Waals surface area contributed by atoms with Gasteiger partial charge in [-0.05, 0) is 50.1 Å². The van der Waals surface area contributed by atoms with E-state index < -0.39 is 0 Å². The number of rotatable bonds is 6. The fraction of sp³-hybridized carbons (Fsp3) is 0.263. The van der Waals surface area contributed by atoms with Gasteiger partial charge in [0.15, 0.2) is 5.78 Å². The van der Waals surface area contributed by atoms with Crippen molar-refractivity contribution in [1.29, 1.82) is 0 Å². The average Bonchev–Trinajstić information content (AvgIpc) is 3.24. The Morgan fingerprint density at radius 2 is 1.96 bits per heavy atom. The zero-order chi connectivity index (χ0) is 18.7. The van der Waals surface area contributed by atoms with E-state index in [1.165, 1.54) is 18.3 Å². The largest absolute Gasteiger partial charge is 0.354 e. The van der Waals surface area contributed by atoms with Crippen LogP contribution in [0, 0.1) is 6.92 Å². The van der Waals surface area contributed by atoms with Crippen LogP contribution in [0.4, 0.5) is 5.69 Å². The molecule has 0 saturated carbocycles. The number of carbonyl (C=O) groups excluding carboxylic acids is 2. The molecule has 0 radical (unpaired) electrons. The first-order valence-electron chi connectivity index (χ1n) is 8.41. The van der Waals surface area contributed by atoms with Gasteiger partial charge in [0.05, 0.1) is 0 Å². The van der Waals surface area contributed by atoms with Crippen LogP contribution in [0.25, 0.3) is 10.6 Å². The second kappa shape index (κ2) is 7.61. The normalized spacial score (nSPS) is 10.7. The third-order valence-corrected chi connectivity index (χ3v) is 4.86. The molecule has 2 N–H and O–H groups in total. The minimum atomic E-state index is -0.243. The molecule has 0 unspecified atom stereocenters. The van der Waals surface area contributed by atoms with Crippen LogP contribution in [0.5, 0.6) is 0 Å². The number of hydrogen-bond acceptors (Lipinski definition) is 5. The standard InChI is InChI=1S/C19H20N4O2S/c1-4-5-15-16(12(3)24)11(2)21-17(15)18(25)22-14-8-6-13(7-9-14)19-23-20-10-26-19/h6-10,21H,4-5H2,1-3H3,(H,22,25). The number of H-pyrrole nitrogens is 1. The number of carbonyl (C=O) groups is 2. The molecule has 0 aliphatic rings. The van der Waals surface area contributed by atoms with E-state index in [4.69, 9.17) is 0 Å². The van der Waals surface area contributed by atoms with E-state index in [9.17, 15) is 9.59 Å². The Morgan fingerprint density at radius 1 is 1.23 bits per heavy atom. The number of nitrogens with zero attached hydrogens (tertiary/aromatic N) is 2. The number of hydrogen-bond donors (Lipinski definition) is 2. The average molecular weight is 368 g/mol. The van der Waals surface area contributed by atoms with Gasteiger partial charge in [0.25, 0.3) is 5.91 Å². The quantitative estimate of drug-likeness (QED) is 0.637. The topological polar surface area (TPSA) is 87.7 Å². The Morgan fingerprint density at radius 3 is 2.54 bits per heavy atom. The molecule has 2 aromatic heterocycles. The van der Waals surface area contributed by atoms with Crippen LogP contribution in [0.2, 0.25) is 0 Å². The maximum Gasteiger partial charge on any atom is 0.272 e. The summed E-state index contributed by atoms with van der Waals surface area (Å²) in [6.07, 6.45) is 1.53. The number of aryl methyl sites for hydroxylation is 1. The van der Waals surface area contributed by atoms with Crippen LogP contribution in [0.15, 0.2) is 29.8 Å². The van der Waals surface area contributed by atoms with E-state index in [-0.39, 0.29) is 11.7 Å². The highest BCUT2D eigenvalue weighted by molar-refractivity contribution is 7.12. The van der Waals surface area contributed by atoms with E-state index in [0.29, 0.717) is 23.4 Å². The molecule has 1 aromatic carbocycles. The van der Waals surface area contributed by atoms with Crippen molar-refractivity contribution in [3.8, 4) is 10.6 Å². The molecule has 0 aliphatic carbocycles. The van der Waals surface area contributed by atoms with Crippen molar-refractivity contribution >= 4 is 28.7 Å². The van der Waals surface area contributed by atoms with Crippen LogP contribution < -0.4 is 5.32 Å². The third kappa shape index (κ3) is 3.57. The molecule has 26 heavy (non-hydrogen) atoms. The van der Waals surface area contributed by atoms with Crippen molar-refractivity contribution in [2.24, 2.45) is 0 Å². The van der Waals surface area contributed by atoms with Crippen molar-refractivity contribution in [3.05, 3.63) is 52.3 Å². The van der Waals surface area contributed by atoms with E-state index in [1.54, 1.807) is 5.51 Å². The number of benzene rings is 1. The molecule has 2 heterocycles. The first kappa shape index (κ1) is 18.0. The number of ketones is 1. The second-order valence-corrected chi connectivity index (χ2v) is 6.89. The second-order valence-electron chi connectivity index (χ2n) is 6.06. The molecule has 134 valence electrons. The highest BCUT2D eigenvalue weighted by atomic mass is 32.1. The highest BCUT2D eigenvalue weighted by Crippen LogP contribution is 2.24. The molecule has 3 aromatic rings. The van der Waals surface area contributed by atoms with Gasteiger partial charge in [0, 0.05) is 22.5 Å². The van der Waals surface area contributed by atoms with Gasteiger partial charge in [-0.1, -0.05) is 24.7 Å². The molecule has 1 amide bonds. The van der Waals surface area contributed by atoms with Gasteiger partial charge in [0.2, 0.25) is 0 Å². The summed E-state index contributed by atoms with van der Waals surface area (Å²) in [6.45, 7) is 5.38. The zero-order valence-corrected chi connectivity index (χ0v) is 15.7. The monoisotopic (exact) mass is 368 g/mol. The fourth-order valence-corrected chi connectivity index (χ4v) is 3.60. The fourth-order valence-electron chi connectivity index (χ4n) is 3.04. The smallest absolute Gasteiger partial charge is 0.272 e. The minimum absolute atomic E-state index is 0.0253. The summed E-state index contributed by atoms with van der Waals surface area (Å²) in [5.41, 5.74) is 5.93. The van der Waals surface area contributed by atoms with Gasteiger partial charge in [-0.2, -0.15) is 0 Å². The maximum absolute atomic E-state index is 12.7. The predicted octanol–water partition coefficient (Wildman–Crippen LogP) is 4.25. The van der Waals surface area contributed by atoms with Crippen LogP contribution in [0.3, 0.4) is 0 Å². The highest BCUT2D eigenvalue weighted by Gasteiger charge is 2.22. The summed E-state index contributed by atoms with van der Waals surface area (Å²) in [5, 5.41) is 11.6. The van der Waals surface area contributed by atoms with Crippen molar-refractivity contribution in [3.63, 3.8) is 0 Å². The molecule has 3 rings (SSSR count). The Labute approximate surface area is 155 Å². The molecule has 6 nitrogen and oxygen atoms in total. The summed E-state index contributed by atoms with van der Waals surface area (Å²) < 4.78 is 0. The molecule has 0 spiro atoms. The minimum Gasteiger partial charge on any atom is -0.354 e. The maximum atomic E-state index is 12.7. The van der Waals surface area contributed by atoms with Gasteiger partial charge in [-0.3, -0.25) is 9.59 Å². The summed E-state index contributed by atoms with van der Waals surface area (Å²) in [7, 11) is 0. The molecule has 0 atom stereocenters. The van der Waals surface area contributed by atoms with E-state index in [0.717, 1.165) is 28.2 Å². The van der Waals surface area contributed by atoms with Crippen molar-refractivity contribution in [1.82, 2.24) is 15.2 Å². The SMILES string of the molecule is CCCc1c(C(=O)Nc2ccc(-c3nncs3)cc2)[nH]c(C)c1C(C)=O. The Hall–Kier alpha value is -2.80. The van der Waals surface area contributed by atoms with E-state index >= 15 is 0 Å². The molecule has 0 aliphatic heterocycles. The Bertz CT molecular complexity index is 927. The number of Topliss-reactive ketones (excluding diaryl/α,β-unsaturated/α-hetero) is 1. The van der Waals surface area contributed by atoms with Gasteiger partial charge >= 0.3 is 0 Å². The lowest BCUT2D eigenvalue weighted by atomic mass is 10.0. The first-order chi connectivity index (χ1) is 12.5. The van der Waals surface area contributed by atoms with E-state index in [2.05, 4.69) is 20.5 Å². The van der Waals surface area contributed by atoms with Crippen LogP contribution in [-0.4, -0.2) is 26.9 Å². The first-order valence-corrected chi connectivity index (χ1v) is 9.29. The molecular formula is C19H20N4O2S. The number of nitrogens with one attached hydrogen (secondary N) is 2. The van der Waals surface area contributed by atoms with Gasteiger partial charge in [0.1, 0.15) is 16.2 Å². The van der Waals surface area contributed by atoms with Gasteiger partial charge in [-0.15, -0.1) is 10.2 Å². The summed E-state index contributed by atoms with van der Waals surface area (Å²) >= 11 is 1.46. The lowest BCUT2D eigenvalue weighted by Crippen LogP contribution is -2.15. The summed E-state index contributed by atoms with van der Waals surface area (Å²) in [6, 6.07) is 7.44. The van der Waals surface area contributed by atoms with Crippen LogP contribution in [0.1, 0.15) is 52.4 Å². The number of amides is 1. The number of aromatic amines is 1. The molecule has 7 heteroatoms. The summed E-state index contributed by atoms with van der Waals surface area (Å²) in [4.78, 5) is 27.8. The van der Waals surface area contributed by atoms with Crippen LogP contribution >= 0.6 is 11.3 Å². The zero-order valence-electron chi connectivity index (χ0n) is 14.9. The predicted molar refractivity (Wildman–Crippen MR) is 103 cm³/mol. The Balaban J connectivity index is 1.84. The van der Waals surface area contributed by atoms with E-state index in [1.807, 2.05) is 38.1 Å². The van der Waals surface area contributed by atoms with Gasteiger partial charge in [-0.25, -0.2) is 0 Å². The van der Waals surface area contributed by atoms with Gasteiger partial charge < -0.3 is 10.3 Å². The van der Waals surface area contributed by atoms with Crippen molar-refractivity contribution in [2.45, 2.75) is 33.6 Å². The molecule has 0 fully saturated rings. The van der Waals surface area contributed by atoms with Crippen molar-refractivity contribution < 1.29 is 9.59 Å². The lowest BCUT2D eigenvalue weighted by molar-refractivity contribution is 0.101. The molecule has 0 saturated heterocycles. The third-order valence-electron chi connectivity index (χ3n) is 4.12. The van der Waals surface area contributed by atoms with Crippen molar-refractivity contribution in [2.75, 3.05) is 5.32 Å². The Kier molecular flexibility index (Phi) is 5.27.